The van der Waals surface area contributed by atoms with Crippen LogP contribution in [0.1, 0.15) is 44.5 Å². The van der Waals surface area contributed by atoms with Crippen molar-refractivity contribution in [1.29, 1.82) is 0 Å². The molecule has 0 amide bonds. The molecule has 2 atom stereocenters. The van der Waals surface area contributed by atoms with E-state index in [1.807, 2.05) is 11.3 Å². The summed E-state index contributed by atoms with van der Waals surface area (Å²) in [5.41, 5.74) is 17.5. The predicted octanol–water partition coefficient (Wildman–Crippen LogP) is 16.3. The fourth-order valence-corrected chi connectivity index (χ4v) is 12.8. The van der Waals surface area contributed by atoms with Gasteiger partial charge in [-0.1, -0.05) is 212 Å². The standard InChI is InChI=1S/C62H41NS/c1-4-20-43(21-5-1)61(53-32-13-14-33-54(53)62(44-22-6-2-7-23-44)52-31-12-10-26-48(52)50-29-19-35-56(61)59(50)62)55-34-15-16-36-57(55)63(45-24-8-3-9-25-45)46-40-38-42(39-41-46)47-28-18-30-51-49-27-11-17-37-58(49)64-60(47)51/h1-41H. The third kappa shape index (κ3) is 5.06. The Labute approximate surface area is 377 Å². The molecule has 0 bridgehead atoms. The quantitative estimate of drug-likeness (QED) is 0.155. The first kappa shape index (κ1) is 36.8. The lowest BCUT2D eigenvalue weighted by Crippen LogP contribution is -2.44. The first-order valence-electron chi connectivity index (χ1n) is 22.2. The van der Waals surface area contributed by atoms with Gasteiger partial charge in [0.2, 0.25) is 0 Å². The van der Waals surface area contributed by atoms with Crippen LogP contribution in [0.2, 0.25) is 0 Å². The van der Waals surface area contributed by atoms with Gasteiger partial charge in [-0.15, -0.1) is 11.3 Å². The molecular weight excluding hydrogens is 791 g/mol. The second kappa shape index (κ2) is 14.4. The topological polar surface area (TPSA) is 3.24 Å². The van der Waals surface area contributed by atoms with Crippen molar-refractivity contribution in [3.63, 3.8) is 0 Å². The molecule has 2 heteroatoms. The van der Waals surface area contributed by atoms with Crippen LogP contribution >= 0.6 is 11.3 Å². The zero-order chi connectivity index (χ0) is 42.2. The minimum absolute atomic E-state index is 0.514. The van der Waals surface area contributed by atoms with Gasteiger partial charge in [0.15, 0.2) is 0 Å². The molecular formula is C62H41NS. The van der Waals surface area contributed by atoms with Crippen molar-refractivity contribution in [2.24, 2.45) is 0 Å². The van der Waals surface area contributed by atoms with Gasteiger partial charge < -0.3 is 4.90 Å². The fourth-order valence-electron chi connectivity index (χ4n) is 11.6. The Bertz CT molecular complexity index is 3550. The van der Waals surface area contributed by atoms with Gasteiger partial charge in [0.05, 0.1) is 16.5 Å². The molecule has 64 heavy (non-hydrogen) atoms. The molecule has 0 saturated heterocycles. The van der Waals surface area contributed by atoms with Crippen LogP contribution in [0.15, 0.2) is 249 Å². The molecule has 1 aromatic heterocycles. The summed E-state index contributed by atoms with van der Waals surface area (Å²) < 4.78 is 2.64. The molecule has 13 rings (SSSR count). The number of fused-ring (bicyclic) bond motifs is 8. The van der Waals surface area contributed by atoms with Crippen LogP contribution in [0.5, 0.6) is 0 Å². The number of thiophene rings is 1. The van der Waals surface area contributed by atoms with E-state index in [-0.39, 0.29) is 0 Å². The average molecular weight is 832 g/mol. The lowest BCUT2D eigenvalue weighted by atomic mass is 9.51. The second-order valence-corrected chi connectivity index (χ2v) is 18.1. The third-order valence-electron chi connectivity index (χ3n) is 14.0. The van der Waals surface area contributed by atoms with Crippen molar-refractivity contribution in [2.45, 2.75) is 10.8 Å². The SMILES string of the molecule is c1ccc(N(c2ccc(-c3cccc4c3sc3ccccc34)cc2)c2ccccc2C2(c3ccccc3)c3ccccc3C3(c4ccccc4)c4ccccc4-c4cccc2c43)cc1. The molecule has 0 spiro atoms. The van der Waals surface area contributed by atoms with Gasteiger partial charge in [-0.2, -0.15) is 0 Å². The Kier molecular flexibility index (Phi) is 8.28. The number of rotatable bonds is 7. The molecule has 2 aliphatic rings. The molecule has 0 saturated carbocycles. The zero-order valence-corrected chi connectivity index (χ0v) is 35.8. The van der Waals surface area contributed by atoms with Crippen molar-refractivity contribution < 1.29 is 0 Å². The van der Waals surface area contributed by atoms with Crippen molar-refractivity contribution in [2.75, 3.05) is 4.90 Å². The number of para-hydroxylation sites is 2. The Balaban J connectivity index is 1.09. The van der Waals surface area contributed by atoms with Crippen LogP contribution in [0.4, 0.5) is 17.1 Å². The van der Waals surface area contributed by atoms with Gasteiger partial charge in [-0.05, 0) is 103 Å². The summed E-state index contributed by atoms with van der Waals surface area (Å²) in [4.78, 5) is 2.48. The summed E-state index contributed by atoms with van der Waals surface area (Å²) in [6.45, 7) is 0. The molecule has 0 N–H and O–H groups in total. The van der Waals surface area contributed by atoms with Gasteiger partial charge in [-0.25, -0.2) is 0 Å². The minimum atomic E-state index is -0.704. The number of benzene rings is 10. The average Bonchev–Trinajstić information content (AvgIpc) is 3.91. The van der Waals surface area contributed by atoms with Crippen LogP contribution in [0.3, 0.4) is 0 Å². The van der Waals surface area contributed by atoms with Crippen molar-refractivity contribution in [3.05, 3.63) is 293 Å². The maximum atomic E-state index is 2.48. The number of hydrogen-bond acceptors (Lipinski definition) is 2. The lowest BCUT2D eigenvalue weighted by Gasteiger charge is -2.50. The van der Waals surface area contributed by atoms with E-state index in [2.05, 4.69) is 254 Å². The van der Waals surface area contributed by atoms with Gasteiger partial charge in [-0.3, -0.25) is 0 Å². The normalized spacial score (nSPS) is 16.9. The van der Waals surface area contributed by atoms with E-state index in [1.54, 1.807) is 0 Å². The highest BCUT2D eigenvalue weighted by molar-refractivity contribution is 7.26. The van der Waals surface area contributed by atoms with E-state index in [0.717, 1.165) is 17.1 Å². The Hall–Kier alpha value is -7.78. The summed E-state index contributed by atoms with van der Waals surface area (Å²) in [6.07, 6.45) is 0. The number of anilines is 3. The number of nitrogens with zero attached hydrogens (tertiary/aromatic N) is 1. The first-order valence-corrected chi connectivity index (χ1v) is 23.0. The molecule has 300 valence electrons. The third-order valence-corrected chi connectivity index (χ3v) is 15.2. The summed E-state index contributed by atoms with van der Waals surface area (Å²) in [6, 6.07) is 92.8. The molecule has 11 aromatic rings. The van der Waals surface area contributed by atoms with Gasteiger partial charge >= 0.3 is 0 Å². The van der Waals surface area contributed by atoms with Crippen LogP contribution < -0.4 is 4.90 Å². The molecule has 0 fully saturated rings. The van der Waals surface area contributed by atoms with Gasteiger partial charge in [0, 0.05) is 31.5 Å². The summed E-state index contributed by atoms with van der Waals surface area (Å²) in [5, 5.41) is 2.63. The maximum absolute atomic E-state index is 2.48. The predicted molar refractivity (Wildman–Crippen MR) is 269 cm³/mol. The smallest absolute Gasteiger partial charge is 0.0728 e. The van der Waals surface area contributed by atoms with Crippen LogP contribution in [0, 0.1) is 0 Å². The summed E-state index contributed by atoms with van der Waals surface area (Å²) >= 11 is 1.88. The molecule has 0 aliphatic heterocycles. The summed E-state index contributed by atoms with van der Waals surface area (Å²) in [7, 11) is 0. The molecule has 0 radical (unpaired) electrons. The Morgan fingerprint density at radius 2 is 0.812 bits per heavy atom. The van der Waals surface area contributed by atoms with Crippen LogP contribution in [0.25, 0.3) is 42.4 Å². The minimum Gasteiger partial charge on any atom is -0.310 e. The number of hydrogen-bond donors (Lipinski definition) is 0. The highest BCUT2D eigenvalue weighted by Gasteiger charge is 2.58. The monoisotopic (exact) mass is 831 g/mol. The van der Waals surface area contributed by atoms with Gasteiger partial charge in [0.1, 0.15) is 0 Å². The molecule has 1 heterocycles. The van der Waals surface area contributed by atoms with E-state index in [1.165, 1.54) is 86.9 Å². The highest BCUT2D eigenvalue weighted by Crippen LogP contribution is 2.66. The van der Waals surface area contributed by atoms with Crippen LogP contribution in [-0.4, -0.2) is 0 Å². The molecule has 2 aliphatic carbocycles. The van der Waals surface area contributed by atoms with E-state index in [9.17, 15) is 0 Å². The van der Waals surface area contributed by atoms with E-state index >= 15 is 0 Å². The lowest BCUT2D eigenvalue weighted by molar-refractivity contribution is 0.627. The first-order chi connectivity index (χ1) is 31.8. The molecule has 1 nitrogen and oxygen atoms in total. The maximum Gasteiger partial charge on any atom is 0.0728 e. The van der Waals surface area contributed by atoms with E-state index < -0.39 is 10.8 Å². The van der Waals surface area contributed by atoms with Crippen molar-refractivity contribution >= 4 is 48.6 Å². The van der Waals surface area contributed by atoms with E-state index in [4.69, 9.17) is 0 Å². The molecule has 2 unspecified atom stereocenters. The van der Waals surface area contributed by atoms with E-state index in [0.29, 0.717) is 0 Å². The summed E-state index contributed by atoms with van der Waals surface area (Å²) in [5.74, 6) is 0. The Morgan fingerprint density at radius 1 is 0.312 bits per heavy atom. The van der Waals surface area contributed by atoms with Gasteiger partial charge in [0.25, 0.3) is 0 Å². The van der Waals surface area contributed by atoms with Crippen molar-refractivity contribution in [1.82, 2.24) is 0 Å². The molecule has 10 aromatic carbocycles. The van der Waals surface area contributed by atoms with Crippen molar-refractivity contribution in [3.8, 4) is 22.3 Å². The second-order valence-electron chi connectivity index (χ2n) is 17.1. The largest absolute Gasteiger partial charge is 0.310 e. The zero-order valence-electron chi connectivity index (χ0n) is 35.0. The Morgan fingerprint density at radius 3 is 1.56 bits per heavy atom. The van der Waals surface area contributed by atoms with Crippen LogP contribution in [-0.2, 0) is 10.8 Å². The fraction of sp³-hybridized carbons (Fsp3) is 0.0323. The highest BCUT2D eigenvalue weighted by atomic mass is 32.1.